The van der Waals surface area contributed by atoms with E-state index in [-0.39, 0.29) is 11.2 Å². The first-order valence-corrected chi connectivity index (χ1v) is 9.06. The highest BCUT2D eigenvalue weighted by atomic mass is 16.5. The minimum absolute atomic E-state index is 0.217. The van der Waals surface area contributed by atoms with Crippen molar-refractivity contribution >= 4 is 10.8 Å². The highest BCUT2D eigenvalue weighted by Crippen LogP contribution is 2.56. The van der Waals surface area contributed by atoms with Gasteiger partial charge in [0, 0.05) is 10.8 Å². The van der Waals surface area contributed by atoms with E-state index < -0.39 is 0 Å². The number of hydrogen-bond donors (Lipinski definition) is 1. The van der Waals surface area contributed by atoms with Gasteiger partial charge in [0.25, 0.3) is 0 Å². The zero-order valence-electron chi connectivity index (χ0n) is 17.0. The molecule has 0 spiro atoms. The van der Waals surface area contributed by atoms with Crippen LogP contribution in [0.4, 0.5) is 0 Å². The van der Waals surface area contributed by atoms with Crippen LogP contribution in [-0.4, -0.2) is 33.5 Å². The van der Waals surface area contributed by atoms with Gasteiger partial charge in [-0.15, -0.1) is 0 Å². The number of hydrogen-bond acceptors (Lipinski definition) is 5. The van der Waals surface area contributed by atoms with E-state index in [1.165, 1.54) is 0 Å². The molecule has 0 amide bonds. The maximum absolute atomic E-state index is 10.8. The molecule has 3 aromatic carbocycles. The first-order chi connectivity index (χ1) is 13.4. The summed E-state index contributed by atoms with van der Waals surface area (Å²) in [4.78, 5) is 0. The fourth-order valence-corrected chi connectivity index (χ4v) is 4.26. The van der Waals surface area contributed by atoms with Crippen molar-refractivity contribution in [2.24, 2.45) is 0 Å². The summed E-state index contributed by atoms with van der Waals surface area (Å²) in [6.07, 6.45) is 0. The molecule has 5 nitrogen and oxygen atoms in total. The Kier molecular flexibility index (Phi) is 4.07. The second-order valence-corrected chi connectivity index (χ2v) is 7.45. The molecule has 3 aromatic rings. The molecule has 5 heteroatoms. The van der Waals surface area contributed by atoms with Crippen LogP contribution in [0, 0.1) is 0 Å². The molecular formula is C23H24O5. The van der Waals surface area contributed by atoms with Crippen LogP contribution in [0.25, 0.3) is 21.9 Å². The van der Waals surface area contributed by atoms with E-state index >= 15 is 0 Å². The normalized spacial score (nSPS) is 13.8. The number of phenolic OH excluding ortho intramolecular Hbond substituents is 1. The lowest BCUT2D eigenvalue weighted by Gasteiger charge is -2.23. The maximum Gasteiger partial charge on any atom is 0.161 e. The summed E-state index contributed by atoms with van der Waals surface area (Å²) in [5, 5.41) is 12.4. The summed E-state index contributed by atoms with van der Waals surface area (Å²) in [7, 11) is 6.47. The van der Waals surface area contributed by atoms with Crippen LogP contribution in [0.2, 0.25) is 0 Å². The maximum atomic E-state index is 10.8. The third kappa shape index (κ3) is 2.32. The summed E-state index contributed by atoms with van der Waals surface area (Å²) in [6, 6.07) is 9.62. The SMILES string of the molecule is COc1cc2c(cc1OC)C(C)(C)c1cc(O)c3cc(OC)c(OC)cc3c1-2. The van der Waals surface area contributed by atoms with Gasteiger partial charge in [-0.3, -0.25) is 0 Å². The number of fused-ring (bicyclic) bond motifs is 5. The van der Waals surface area contributed by atoms with Crippen molar-refractivity contribution in [3.05, 3.63) is 41.5 Å². The van der Waals surface area contributed by atoms with Gasteiger partial charge in [-0.1, -0.05) is 13.8 Å². The van der Waals surface area contributed by atoms with Crippen LogP contribution < -0.4 is 18.9 Å². The van der Waals surface area contributed by atoms with Gasteiger partial charge in [0.2, 0.25) is 0 Å². The monoisotopic (exact) mass is 380 g/mol. The van der Waals surface area contributed by atoms with Gasteiger partial charge >= 0.3 is 0 Å². The summed E-state index contributed by atoms with van der Waals surface area (Å²) < 4.78 is 22.0. The largest absolute Gasteiger partial charge is 0.507 e. The van der Waals surface area contributed by atoms with Crippen molar-refractivity contribution in [1.29, 1.82) is 0 Å². The predicted octanol–water partition coefficient (Wildman–Crippen LogP) is 4.89. The van der Waals surface area contributed by atoms with Gasteiger partial charge in [-0.25, -0.2) is 0 Å². The van der Waals surface area contributed by atoms with Crippen molar-refractivity contribution in [2.75, 3.05) is 28.4 Å². The molecule has 146 valence electrons. The van der Waals surface area contributed by atoms with Crippen molar-refractivity contribution in [3.63, 3.8) is 0 Å². The smallest absolute Gasteiger partial charge is 0.161 e. The minimum atomic E-state index is -0.303. The number of aromatic hydroxyl groups is 1. The third-order valence-electron chi connectivity index (χ3n) is 5.76. The van der Waals surface area contributed by atoms with Crippen LogP contribution in [-0.2, 0) is 5.41 Å². The topological polar surface area (TPSA) is 57.2 Å². The molecule has 4 rings (SSSR count). The first kappa shape index (κ1) is 18.3. The fourth-order valence-electron chi connectivity index (χ4n) is 4.26. The lowest BCUT2D eigenvalue weighted by molar-refractivity contribution is 0.354. The summed E-state index contributed by atoms with van der Waals surface area (Å²) >= 11 is 0. The van der Waals surface area contributed by atoms with E-state index in [9.17, 15) is 5.11 Å². The van der Waals surface area contributed by atoms with E-state index in [1.54, 1.807) is 28.4 Å². The first-order valence-electron chi connectivity index (χ1n) is 9.06. The van der Waals surface area contributed by atoms with Crippen LogP contribution in [0.1, 0.15) is 25.0 Å². The quantitative estimate of drug-likeness (QED) is 0.699. The molecule has 0 radical (unpaired) electrons. The van der Waals surface area contributed by atoms with Gasteiger partial charge in [0.1, 0.15) is 5.75 Å². The standard InChI is InChI=1S/C23H24O5/c1-23(2)15-11-21(28-6)20(27-5)9-14(15)22-13-8-19(26-4)18(25-3)7-12(13)17(24)10-16(22)23/h7-11,24H,1-6H3. The van der Waals surface area contributed by atoms with E-state index in [0.29, 0.717) is 23.0 Å². The van der Waals surface area contributed by atoms with Gasteiger partial charge in [-0.2, -0.15) is 0 Å². The van der Waals surface area contributed by atoms with Crippen LogP contribution in [0.3, 0.4) is 0 Å². The Bertz CT molecular complexity index is 1100. The summed E-state index contributed by atoms with van der Waals surface area (Å²) in [6.45, 7) is 4.30. The molecule has 0 bridgehead atoms. The molecule has 0 saturated heterocycles. The molecule has 0 aromatic heterocycles. The number of methoxy groups -OCH3 is 4. The highest BCUT2D eigenvalue weighted by Gasteiger charge is 2.38. The highest BCUT2D eigenvalue weighted by molar-refractivity contribution is 6.06. The second kappa shape index (κ2) is 6.23. The fraction of sp³-hybridized carbons (Fsp3) is 0.304. The van der Waals surface area contributed by atoms with Crippen molar-refractivity contribution in [1.82, 2.24) is 0 Å². The van der Waals surface area contributed by atoms with Gasteiger partial charge in [0.05, 0.1) is 28.4 Å². The third-order valence-corrected chi connectivity index (χ3v) is 5.76. The molecule has 0 saturated carbocycles. The molecule has 0 unspecified atom stereocenters. The average Bonchev–Trinajstić information content (AvgIpc) is 2.92. The Labute approximate surface area is 164 Å². The number of benzene rings is 3. The van der Waals surface area contributed by atoms with Gasteiger partial charge < -0.3 is 24.1 Å². The molecule has 0 heterocycles. The Morgan fingerprint density at radius 3 is 1.71 bits per heavy atom. The van der Waals surface area contributed by atoms with Crippen molar-refractivity contribution < 1.29 is 24.1 Å². The average molecular weight is 380 g/mol. The van der Waals surface area contributed by atoms with E-state index in [2.05, 4.69) is 13.8 Å². The summed E-state index contributed by atoms with van der Waals surface area (Å²) in [5.74, 6) is 2.78. The molecule has 28 heavy (non-hydrogen) atoms. The molecule has 0 atom stereocenters. The molecule has 0 fully saturated rings. The zero-order valence-corrected chi connectivity index (χ0v) is 17.0. The number of ether oxygens (including phenoxy) is 4. The number of phenols is 1. The Morgan fingerprint density at radius 1 is 0.643 bits per heavy atom. The van der Waals surface area contributed by atoms with Crippen LogP contribution in [0.5, 0.6) is 28.7 Å². The van der Waals surface area contributed by atoms with Gasteiger partial charge in [0.15, 0.2) is 23.0 Å². The Hall–Kier alpha value is -3.08. The lowest BCUT2D eigenvalue weighted by atomic mass is 9.81. The van der Waals surface area contributed by atoms with E-state index in [0.717, 1.165) is 33.0 Å². The minimum Gasteiger partial charge on any atom is -0.507 e. The van der Waals surface area contributed by atoms with Gasteiger partial charge in [-0.05, 0) is 58.0 Å². The van der Waals surface area contributed by atoms with Crippen LogP contribution in [0.15, 0.2) is 30.3 Å². The van der Waals surface area contributed by atoms with E-state index in [1.807, 2.05) is 30.3 Å². The molecule has 1 aliphatic carbocycles. The molecule has 0 aliphatic heterocycles. The van der Waals surface area contributed by atoms with Crippen molar-refractivity contribution in [3.8, 4) is 39.9 Å². The number of rotatable bonds is 4. The van der Waals surface area contributed by atoms with Crippen molar-refractivity contribution in [2.45, 2.75) is 19.3 Å². The Balaban J connectivity index is 2.15. The summed E-state index contributed by atoms with van der Waals surface area (Å²) in [5.41, 5.74) is 4.00. The lowest BCUT2D eigenvalue weighted by Crippen LogP contribution is -2.15. The zero-order chi connectivity index (χ0) is 20.2. The molecule has 1 N–H and O–H groups in total. The molecule has 1 aliphatic rings. The molecular weight excluding hydrogens is 356 g/mol. The van der Waals surface area contributed by atoms with E-state index in [4.69, 9.17) is 18.9 Å². The second-order valence-electron chi connectivity index (χ2n) is 7.45. The Morgan fingerprint density at radius 2 is 1.14 bits per heavy atom. The predicted molar refractivity (Wildman–Crippen MR) is 109 cm³/mol. The van der Waals surface area contributed by atoms with Crippen LogP contribution >= 0.6 is 0 Å².